The summed E-state index contributed by atoms with van der Waals surface area (Å²) >= 11 is 0. The minimum absolute atomic E-state index is 0.0101. The van der Waals surface area contributed by atoms with Crippen molar-refractivity contribution in [3.63, 3.8) is 0 Å². The lowest BCUT2D eigenvalue weighted by atomic mass is 9.93. The standard InChI is InChI=1S/C14H24N3O3P/c18-11(13(19)16-9-4-5-9)6-15-14(20)12-10-3-1-2-8(10)7-17(12)21/h8-12,18H,1-7,21H2,(H,15,20)(H,16,19). The second-order valence-corrected chi connectivity index (χ2v) is 7.20. The molecule has 3 aliphatic rings. The molecular weight excluding hydrogens is 289 g/mol. The van der Waals surface area contributed by atoms with Crippen molar-refractivity contribution in [2.24, 2.45) is 11.8 Å². The molecule has 1 aliphatic heterocycles. The van der Waals surface area contributed by atoms with Crippen LogP contribution in [0.5, 0.6) is 0 Å². The maximum absolute atomic E-state index is 12.4. The van der Waals surface area contributed by atoms with Gasteiger partial charge in [0.05, 0.1) is 12.6 Å². The van der Waals surface area contributed by atoms with E-state index in [1.165, 1.54) is 12.8 Å². The predicted octanol–water partition coefficient (Wildman–Crippen LogP) is -0.367. The molecule has 0 aromatic carbocycles. The van der Waals surface area contributed by atoms with Crippen LogP contribution in [0.4, 0.5) is 0 Å². The summed E-state index contributed by atoms with van der Waals surface area (Å²) in [6, 6.07) is 0.0839. The Labute approximate surface area is 127 Å². The molecule has 6 nitrogen and oxygen atoms in total. The van der Waals surface area contributed by atoms with Gasteiger partial charge in [-0.25, -0.2) is 0 Å². The summed E-state index contributed by atoms with van der Waals surface area (Å²) in [4.78, 5) is 24.0. The molecule has 7 heteroatoms. The van der Waals surface area contributed by atoms with Gasteiger partial charge in [-0.05, 0) is 37.5 Å². The molecular formula is C14H24N3O3P. The molecule has 1 saturated heterocycles. The van der Waals surface area contributed by atoms with Crippen LogP contribution in [0, 0.1) is 11.8 Å². The Bertz CT molecular complexity index is 430. The number of rotatable bonds is 5. The van der Waals surface area contributed by atoms with Crippen LogP contribution >= 0.6 is 9.39 Å². The largest absolute Gasteiger partial charge is 0.381 e. The minimum Gasteiger partial charge on any atom is -0.381 e. The summed E-state index contributed by atoms with van der Waals surface area (Å²) in [5, 5.41) is 15.3. The smallest absolute Gasteiger partial charge is 0.250 e. The van der Waals surface area contributed by atoms with Crippen LogP contribution in [0.2, 0.25) is 0 Å². The molecule has 3 N–H and O–H groups in total. The van der Waals surface area contributed by atoms with Gasteiger partial charge in [-0.3, -0.25) is 14.3 Å². The molecule has 0 bridgehead atoms. The molecule has 5 atom stereocenters. The predicted molar refractivity (Wildman–Crippen MR) is 81.2 cm³/mol. The molecule has 21 heavy (non-hydrogen) atoms. The van der Waals surface area contributed by atoms with E-state index in [1.807, 2.05) is 4.67 Å². The highest BCUT2D eigenvalue weighted by atomic mass is 31.0. The Kier molecular flexibility index (Phi) is 4.48. The van der Waals surface area contributed by atoms with E-state index in [0.717, 1.165) is 25.8 Å². The van der Waals surface area contributed by atoms with Crippen molar-refractivity contribution in [3.05, 3.63) is 0 Å². The molecule has 2 amide bonds. The molecule has 1 heterocycles. The lowest BCUT2D eigenvalue weighted by Crippen LogP contribution is -2.48. The topological polar surface area (TPSA) is 81.7 Å². The van der Waals surface area contributed by atoms with E-state index in [2.05, 4.69) is 20.0 Å². The molecule has 2 saturated carbocycles. The zero-order valence-electron chi connectivity index (χ0n) is 12.1. The molecule has 3 rings (SSSR count). The van der Waals surface area contributed by atoms with E-state index in [4.69, 9.17) is 0 Å². The number of hydrogen-bond acceptors (Lipinski definition) is 4. The molecule has 2 aliphatic carbocycles. The lowest BCUT2D eigenvalue weighted by molar-refractivity contribution is -0.130. The lowest BCUT2D eigenvalue weighted by Gasteiger charge is -2.23. The maximum atomic E-state index is 12.4. The molecule has 3 fully saturated rings. The summed E-state index contributed by atoms with van der Waals surface area (Å²) in [6.45, 7) is 0.932. The monoisotopic (exact) mass is 313 g/mol. The maximum Gasteiger partial charge on any atom is 0.250 e. The Morgan fingerprint density at radius 3 is 2.76 bits per heavy atom. The second-order valence-electron chi connectivity index (χ2n) is 6.54. The second kappa shape index (κ2) is 6.19. The van der Waals surface area contributed by atoms with Crippen molar-refractivity contribution in [2.45, 2.75) is 50.3 Å². The number of aliphatic hydroxyl groups excluding tert-OH is 1. The first-order valence-electron chi connectivity index (χ1n) is 7.83. The van der Waals surface area contributed by atoms with Gasteiger partial charge in [0.1, 0.15) is 6.10 Å². The number of aliphatic hydroxyl groups is 1. The van der Waals surface area contributed by atoms with E-state index in [1.54, 1.807) is 0 Å². The van der Waals surface area contributed by atoms with Crippen LogP contribution in [0.1, 0.15) is 32.1 Å². The van der Waals surface area contributed by atoms with Crippen LogP contribution < -0.4 is 10.6 Å². The number of carbonyl (C=O) groups is 2. The first-order valence-corrected chi connectivity index (χ1v) is 8.35. The molecule has 0 radical (unpaired) electrons. The SMILES string of the molecule is O=C(NC1CC1)C(O)CNC(=O)C1C2CCCC2CN1P. The van der Waals surface area contributed by atoms with Crippen LogP contribution in [0.25, 0.3) is 0 Å². The third-order valence-corrected chi connectivity index (χ3v) is 5.42. The van der Waals surface area contributed by atoms with Crippen LogP contribution in [0.15, 0.2) is 0 Å². The number of fused-ring (bicyclic) bond motifs is 1. The summed E-state index contributed by atoms with van der Waals surface area (Å²) in [7, 11) is 2.64. The molecule has 118 valence electrons. The van der Waals surface area contributed by atoms with Crippen LogP contribution in [-0.4, -0.2) is 52.9 Å². The van der Waals surface area contributed by atoms with Crippen molar-refractivity contribution >= 4 is 21.2 Å². The highest BCUT2D eigenvalue weighted by molar-refractivity contribution is 7.13. The van der Waals surface area contributed by atoms with Crippen molar-refractivity contribution in [1.29, 1.82) is 0 Å². The Morgan fingerprint density at radius 1 is 1.29 bits per heavy atom. The molecule has 5 unspecified atom stereocenters. The number of amides is 2. The molecule has 0 aromatic heterocycles. The summed E-state index contributed by atoms with van der Waals surface area (Å²) < 4.78 is 2.03. The first kappa shape index (κ1) is 15.2. The van der Waals surface area contributed by atoms with Gasteiger partial charge in [-0.1, -0.05) is 15.8 Å². The quantitative estimate of drug-likeness (QED) is 0.605. The fraction of sp³-hybridized carbons (Fsp3) is 0.857. The highest BCUT2D eigenvalue weighted by Gasteiger charge is 2.46. The van der Waals surface area contributed by atoms with E-state index in [-0.39, 0.29) is 30.4 Å². The van der Waals surface area contributed by atoms with Gasteiger partial charge in [-0.15, -0.1) is 0 Å². The van der Waals surface area contributed by atoms with E-state index in [9.17, 15) is 14.7 Å². The Hall–Kier alpha value is -0.710. The Morgan fingerprint density at radius 2 is 2.05 bits per heavy atom. The first-order chi connectivity index (χ1) is 10.1. The molecule has 0 aromatic rings. The minimum atomic E-state index is -1.16. The van der Waals surface area contributed by atoms with Crippen molar-refractivity contribution in [1.82, 2.24) is 15.3 Å². The number of hydrogen-bond donors (Lipinski definition) is 3. The summed E-state index contributed by atoms with van der Waals surface area (Å²) in [5.74, 6) is 0.574. The van der Waals surface area contributed by atoms with E-state index in [0.29, 0.717) is 11.8 Å². The zero-order valence-corrected chi connectivity index (χ0v) is 13.3. The third kappa shape index (κ3) is 3.38. The highest BCUT2D eigenvalue weighted by Crippen LogP contribution is 2.43. The van der Waals surface area contributed by atoms with Crippen molar-refractivity contribution in [3.8, 4) is 0 Å². The fourth-order valence-corrected chi connectivity index (χ4v) is 4.23. The number of nitrogens with zero attached hydrogens (tertiary/aromatic N) is 1. The summed E-state index contributed by atoms with van der Waals surface area (Å²) in [5.41, 5.74) is 0. The van der Waals surface area contributed by atoms with Gasteiger partial charge in [-0.2, -0.15) is 0 Å². The van der Waals surface area contributed by atoms with Crippen LogP contribution in [0.3, 0.4) is 0 Å². The van der Waals surface area contributed by atoms with Crippen molar-refractivity contribution < 1.29 is 14.7 Å². The molecule has 0 spiro atoms. The van der Waals surface area contributed by atoms with Gasteiger partial charge in [0.15, 0.2) is 0 Å². The normalized spacial score (nSPS) is 33.5. The third-order valence-electron chi connectivity index (χ3n) is 4.89. The van der Waals surface area contributed by atoms with E-state index < -0.39 is 6.10 Å². The fourth-order valence-electron chi connectivity index (χ4n) is 3.60. The number of nitrogens with one attached hydrogen (secondary N) is 2. The van der Waals surface area contributed by atoms with Gasteiger partial charge >= 0.3 is 0 Å². The van der Waals surface area contributed by atoms with E-state index >= 15 is 0 Å². The van der Waals surface area contributed by atoms with Crippen LogP contribution in [-0.2, 0) is 9.59 Å². The average Bonchev–Trinajstić information content (AvgIpc) is 3.05. The Balaban J connectivity index is 1.48. The zero-order chi connectivity index (χ0) is 15.0. The number of carbonyl (C=O) groups excluding carboxylic acids is 2. The van der Waals surface area contributed by atoms with Gasteiger partial charge in [0, 0.05) is 12.6 Å². The van der Waals surface area contributed by atoms with Gasteiger partial charge < -0.3 is 15.7 Å². The van der Waals surface area contributed by atoms with Gasteiger partial charge in [0.25, 0.3) is 5.91 Å². The van der Waals surface area contributed by atoms with Gasteiger partial charge in [0.2, 0.25) is 5.91 Å². The summed E-state index contributed by atoms with van der Waals surface area (Å²) in [6.07, 6.45) is 4.30. The van der Waals surface area contributed by atoms with Crippen molar-refractivity contribution in [2.75, 3.05) is 13.1 Å². The average molecular weight is 313 g/mol.